The molecule has 1 fully saturated rings. The Kier molecular flexibility index (Phi) is 8.78. The summed E-state index contributed by atoms with van der Waals surface area (Å²) in [4.78, 5) is 2.48. The van der Waals surface area contributed by atoms with E-state index < -0.39 is 11.7 Å². The number of rotatable bonds is 10. The van der Waals surface area contributed by atoms with Gasteiger partial charge in [-0.05, 0) is 74.3 Å². The Morgan fingerprint density at radius 3 is 2.14 bits per heavy atom. The molecule has 1 heterocycles. The monoisotopic (exact) mass is 401 g/mol. The van der Waals surface area contributed by atoms with Crippen molar-refractivity contribution in [2.24, 2.45) is 5.92 Å². The van der Waals surface area contributed by atoms with Crippen molar-refractivity contribution in [2.45, 2.75) is 51.1 Å². The summed E-state index contributed by atoms with van der Waals surface area (Å²) in [5.74, 6) is 0.724. The Morgan fingerprint density at radius 1 is 0.964 bits per heavy atom. The average molecular weight is 402 g/mol. The van der Waals surface area contributed by atoms with Crippen LogP contribution in [0.3, 0.4) is 0 Å². The molecule has 0 aliphatic carbocycles. The van der Waals surface area contributed by atoms with Crippen molar-refractivity contribution in [1.82, 2.24) is 4.90 Å². The first-order valence-electron chi connectivity index (χ1n) is 10.2. The molecule has 1 aromatic rings. The zero-order valence-electron chi connectivity index (χ0n) is 17.4. The van der Waals surface area contributed by atoms with Gasteiger partial charge in [0.15, 0.2) is 0 Å². The Hall–Kier alpha value is -1.11. The molecule has 1 aromatic carbocycles. The topological polar surface area (TPSA) is 21.7 Å². The second-order valence-corrected chi connectivity index (χ2v) is 8.39. The van der Waals surface area contributed by atoms with Gasteiger partial charge in [-0.25, -0.2) is 0 Å². The molecule has 0 radical (unpaired) electrons. The van der Waals surface area contributed by atoms with Crippen molar-refractivity contribution in [3.05, 3.63) is 35.4 Å². The fraction of sp³-hybridized carbons (Fsp3) is 0.727. The summed E-state index contributed by atoms with van der Waals surface area (Å²) in [6.07, 6.45) is 0.141. The Balaban J connectivity index is 1.72. The zero-order valence-corrected chi connectivity index (χ0v) is 17.4. The minimum atomic E-state index is -4.28. The predicted octanol–water partition coefficient (Wildman–Crippen LogP) is 5.14. The van der Waals surface area contributed by atoms with Gasteiger partial charge in [0.05, 0.1) is 18.8 Å². The van der Waals surface area contributed by atoms with Crippen molar-refractivity contribution in [3.8, 4) is 0 Å². The molecule has 0 atom stereocenters. The molecule has 6 heteroatoms. The number of hydrogen-bond donors (Lipinski definition) is 0. The first kappa shape index (κ1) is 23.2. The molecule has 2 rings (SSSR count). The van der Waals surface area contributed by atoms with E-state index >= 15 is 0 Å². The molecule has 0 N–H and O–H groups in total. The lowest BCUT2D eigenvalue weighted by Crippen LogP contribution is -2.37. The van der Waals surface area contributed by atoms with Crippen molar-refractivity contribution in [3.63, 3.8) is 0 Å². The van der Waals surface area contributed by atoms with Crippen LogP contribution < -0.4 is 0 Å². The van der Waals surface area contributed by atoms with Crippen LogP contribution in [0.15, 0.2) is 24.3 Å². The molecular weight excluding hydrogens is 367 g/mol. The number of methoxy groups -OCH3 is 1. The lowest BCUT2D eigenvalue weighted by molar-refractivity contribution is -0.137. The molecule has 0 unspecified atom stereocenters. The summed E-state index contributed by atoms with van der Waals surface area (Å²) in [6.45, 7) is 9.48. The minimum absolute atomic E-state index is 0.143. The Bertz CT molecular complexity index is 564. The number of likely N-dealkylation sites (tertiary alicyclic amines) is 1. The number of alkyl halides is 3. The van der Waals surface area contributed by atoms with Crippen molar-refractivity contribution >= 4 is 0 Å². The number of halogens is 3. The van der Waals surface area contributed by atoms with Gasteiger partial charge in [0.1, 0.15) is 0 Å². The number of ether oxygens (including phenoxy) is 2. The summed E-state index contributed by atoms with van der Waals surface area (Å²) in [6, 6.07) is 5.63. The summed E-state index contributed by atoms with van der Waals surface area (Å²) >= 11 is 0. The maximum Gasteiger partial charge on any atom is 0.416 e. The van der Waals surface area contributed by atoms with Gasteiger partial charge in [0.25, 0.3) is 0 Å². The van der Waals surface area contributed by atoms with E-state index in [-0.39, 0.29) is 5.41 Å². The molecule has 28 heavy (non-hydrogen) atoms. The second kappa shape index (κ2) is 10.6. The van der Waals surface area contributed by atoms with Crippen LogP contribution in [0, 0.1) is 5.92 Å². The molecule has 0 bridgehead atoms. The Labute approximate surface area is 167 Å². The van der Waals surface area contributed by atoms with E-state index in [4.69, 9.17) is 9.47 Å². The molecular formula is C22H34F3NO2. The maximum atomic E-state index is 12.8. The predicted molar refractivity (Wildman–Crippen MR) is 106 cm³/mol. The van der Waals surface area contributed by atoms with E-state index in [2.05, 4.69) is 18.7 Å². The standard InChI is InChI=1S/C22H34F3NO2/c1-21(2,19-4-6-20(7-5-19)22(23,24)25)11-14-26-12-8-18(9-13-26)10-15-28-17-16-27-3/h4-7,18H,8-17H2,1-3H3. The van der Waals surface area contributed by atoms with Gasteiger partial charge in [-0.1, -0.05) is 26.0 Å². The first-order chi connectivity index (χ1) is 13.2. The fourth-order valence-electron chi connectivity index (χ4n) is 3.69. The van der Waals surface area contributed by atoms with E-state index in [1.807, 2.05) is 0 Å². The van der Waals surface area contributed by atoms with Crippen molar-refractivity contribution in [2.75, 3.05) is 46.6 Å². The van der Waals surface area contributed by atoms with E-state index in [1.165, 1.54) is 25.0 Å². The van der Waals surface area contributed by atoms with E-state index in [1.54, 1.807) is 19.2 Å². The quantitative estimate of drug-likeness (QED) is 0.507. The highest BCUT2D eigenvalue weighted by molar-refractivity contribution is 5.29. The molecule has 0 spiro atoms. The maximum absolute atomic E-state index is 12.8. The highest BCUT2D eigenvalue weighted by Crippen LogP contribution is 2.33. The number of piperidine rings is 1. The van der Waals surface area contributed by atoms with Gasteiger partial charge in [0, 0.05) is 13.7 Å². The molecule has 160 valence electrons. The van der Waals surface area contributed by atoms with Crippen LogP contribution in [-0.4, -0.2) is 51.5 Å². The van der Waals surface area contributed by atoms with Gasteiger partial charge in [-0.15, -0.1) is 0 Å². The molecule has 1 saturated heterocycles. The van der Waals surface area contributed by atoms with Crippen molar-refractivity contribution < 1.29 is 22.6 Å². The van der Waals surface area contributed by atoms with Crippen LogP contribution in [0.1, 0.15) is 50.7 Å². The van der Waals surface area contributed by atoms with Crippen LogP contribution >= 0.6 is 0 Å². The van der Waals surface area contributed by atoms with Gasteiger partial charge in [0.2, 0.25) is 0 Å². The van der Waals surface area contributed by atoms with E-state index in [0.717, 1.165) is 50.6 Å². The van der Waals surface area contributed by atoms with E-state index in [9.17, 15) is 13.2 Å². The highest BCUT2D eigenvalue weighted by atomic mass is 19.4. The van der Waals surface area contributed by atoms with Crippen LogP contribution in [0.25, 0.3) is 0 Å². The highest BCUT2D eigenvalue weighted by Gasteiger charge is 2.31. The molecule has 0 saturated carbocycles. The first-order valence-corrected chi connectivity index (χ1v) is 10.2. The summed E-state index contributed by atoms with van der Waals surface area (Å²) in [5.41, 5.74) is 0.236. The smallest absolute Gasteiger partial charge is 0.382 e. The molecule has 0 amide bonds. The van der Waals surface area contributed by atoms with Crippen LogP contribution in [0.2, 0.25) is 0 Å². The largest absolute Gasteiger partial charge is 0.416 e. The third-order valence-corrected chi connectivity index (χ3v) is 5.86. The summed E-state index contributed by atoms with van der Waals surface area (Å²) in [5, 5.41) is 0. The fourth-order valence-corrected chi connectivity index (χ4v) is 3.69. The zero-order chi connectivity index (χ0) is 20.6. The van der Waals surface area contributed by atoms with Gasteiger partial charge in [-0.3, -0.25) is 0 Å². The summed E-state index contributed by atoms with van der Waals surface area (Å²) in [7, 11) is 1.68. The normalized spacial score (nSPS) is 17.2. The molecule has 0 aromatic heterocycles. The third-order valence-electron chi connectivity index (χ3n) is 5.86. The lowest BCUT2D eigenvalue weighted by Gasteiger charge is -2.35. The Morgan fingerprint density at radius 2 is 1.57 bits per heavy atom. The lowest BCUT2D eigenvalue weighted by atomic mass is 9.81. The van der Waals surface area contributed by atoms with Crippen LogP contribution in [0.5, 0.6) is 0 Å². The number of hydrogen-bond acceptors (Lipinski definition) is 3. The van der Waals surface area contributed by atoms with E-state index in [0.29, 0.717) is 13.2 Å². The third kappa shape index (κ3) is 7.37. The molecule has 1 aliphatic heterocycles. The average Bonchev–Trinajstić information content (AvgIpc) is 2.67. The van der Waals surface area contributed by atoms with Crippen LogP contribution in [0.4, 0.5) is 13.2 Å². The van der Waals surface area contributed by atoms with Gasteiger partial charge < -0.3 is 14.4 Å². The van der Waals surface area contributed by atoms with Crippen molar-refractivity contribution in [1.29, 1.82) is 0 Å². The van der Waals surface area contributed by atoms with Gasteiger partial charge in [-0.2, -0.15) is 13.2 Å². The van der Waals surface area contributed by atoms with Crippen LogP contribution in [-0.2, 0) is 21.1 Å². The van der Waals surface area contributed by atoms with Gasteiger partial charge >= 0.3 is 6.18 Å². The summed E-state index contributed by atoms with van der Waals surface area (Å²) < 4.78 is 48.8. The molecule has 1 aliphatic rings. The second-order valence-electron chi connectivity index (χ2n) is 8.39. The molecule has 3 nitrogen and oxygen atoms in total. The minimum Gasteiger partial charge on any atom is -0.382 e. The number of benzene rings is 1. The number of nitrogens with zero attached hydrogens (tertiary/aromatic N) is 1. The SMILES string of the molecule is COCCOCCC1CCN(CCC(C)(C)c2ccc(C(F)(F)F)cc2)CC1.